The van der Waals surface area contributed by atoms with Crippen molar-refractivity contribution >= 4 is 26.7 Å². The summed E-state index contributed by atoms with van der Waals surface area (Å²) in [6.07, 6.45) is 0. The van der Waals surface area contributed by atoms with Gasteiger partial charge in [0.15, 0.2) is 5.13 Å². The van der Waals surface area contributed by atoms with E-state index in [1.807, 2.05) is 19.1 Å². The number of anilines is 1. The smallest absolute Gasteiger partial charge is 0.186 e. The minimum Gasteiger partial charge on any atom is -0.361 e. The lowest BCUT2D eigenvalue weighted by Crippen LogP contribution is -2.46. The van der Waals surface area contributed by atoms with Crippen molar-refractivity contribution in [3.8, 4) is 0 Å². The second-order valence-electron chi connectivity index (χ2n) is 5.66. The lowest BCUT2D eigenvalue weighted by atomic mass is 10.3. The molecule has 1 saturated heterocycles. The van der Waals surface area contributed by atoms with Crippen molar-refractivity contribution in [2.75, 3.05) is 31.1 Å². The first kappa shape index (κ1) is 13.7. The van der Waals surface area contributed by atoms with E-state index in [9.17, 15) is 0 Å². The van der Waals surface area contributed by atoms with Crippen LogP contribution in [0.4, 0.5) is 5.13 Å². The van der Waals surface area contributed by atoms with Crippen molar-refractivity contribution in [2.45, 2.75) is 13.5 Å². The van der Waals surface area contributed by atoms with Gasteiger partial charge in [-0.3, -0.25) is 4.90 Å². The average Bonchev–Trinajstić information content (AvgIpc) is 3.14. The first-order valence-corrected chi connectivity index (χ1v) is 8.35. The van der Waals surface area contributed by atoms with Crippen LogP contribution in [0.3, 0.4) is 0 Å². The van der Waals surface area contributed by atoms with Crippen molar-refractivity contribution in [1.29, 1.82) is 0 Å². The molecular formula is C16H18N4OS. The minimum absolute atomic E-state index is 0.866. The van der Waals surface area contributed by atoms with Crippen LogP contribution in [0.15, 0.2) is 34.9 Å². The molecule has 3 heterocycles. The van der Waals surface area contributed by atoms with E-state index in [4.69, 9.17) is 9.51 Å². The molecule has 6 heteroatoms. The van der Waals surface area contributed by atoms with Gasteiger partial charge in [0.25, 0.3) is 0 Å². The van der Waals surface area contributed by atoms with Gasteiger partial charge in [0.05, 0.1) is 15.9 Å². The normalized spacial score (nSPS) is 16.5. The highest BCUT2D eigenvalue weighted by Crippen LogP contribution is 2.29. The zero-order valence-corrected chi connectivity index (χ0v) is 13.3. The Balaban J connectivity index is 1.40. The van der Waals surface area contributed by atoms with Gasteiger partial charge in [-0.05, 0) is 19.1 Å². The Hall–Kier alpha value is -1.92. The largest absolute Gasteiger partial charge is 0.361 e. The predicted octanol–water partition coefficient (Wildman–Crippen LogP) is 2.91. The van der Waals surface area contributed by atoms with Crippen LogP contribution in [0.5, 0.6) is 0 Å². The fourth-order valence-electron chi connectivity index (χ4n) is 2.81. The Morgan fingerprint density at radius 1 is 1.18 bits per heavy atom. The lowest BCUT2D eigenvalue weighted by molar-refractivity contribution is 0.241. The Bertz CT molecular complexity index is 740. The van der Waals surface area contributed by atoms with Gasteiger partial charge < -0.3 is 9.42 Å². The highest BCUT2D eigenvalue weighted by atomic mass is 32.1. The molecule has 0 radical (unpaired) electrons. The molecule has 0 bridgehead atoms. The Morgan fingerprint density at radius 2 is 2.00 bits per heavy atom. The van der Waals surface area contributed by atoms with E-state index >= 15 is 0 Å². The monoisotopic (exact) mass is 314 g/mol. The van der Waals surface area contributed by atoms with Gasteiger partial charge in [0.1, 0.15) is 5.76 Å². The fourth-order valence-corrected chi connectivity index (χ4v) is 3.83. The van der Waals surface area contributed by atoms with Gasteiger partial charge in [-0.25, -0.2) is 4.98 Å². The van der Waals surface area contributed by atoms with Crippen molar-refractivity contribution < 1.29 is 4.52 Å². The molecule has 22 heavy (non-hydrogen) atoms. The number of hydrogen-bond donors (Lipinski definition) is 0. The van der Waals surface area contributed by atoms with Crippen LogP contribution in [0.25, 0.3) is 10.2 Å². The van der Waals surface area contributed by atoms with Crippen molar-refractivity contribution in [1.82, 2.24) is 15.0 Å². The van der Waals surface area contributed by atoms with Gasteiger partial charge in [-0.1, -0.05) is 28.6 Å². The number of fused-ring (bicyclic) bond motifs is 1. The summed E-state index contributed by atoms with van der Waals surface area (Å²) in [5.41, 5.74) is 2.12. The molecule has 2 aromatic heterocycles. The molecule has 1 aliphatic heterocycles. The number of thiazole rings is 1. The van der Waals surface area contributed by atoms with Crippen LogP contribution in [0.1, 0.15) is 11.5 Å². The maximum Gasteiger partial charge on any atom is 0.186 e. The number of aromatic nitrogens is 2. The van der Waals surface area contributed by atoms with Crippen LogP contribution in [0.2, 0.25) is 0 Å². The summed E-state index contributed by atoms with van der Waals surface area (Å²) in [5, 5.41) is 5.21. The number of para-hydroxylation sites is 1. The second-order valence-corrected chi connectivity index (χ2v) is 6.67. The van der Waals surface area contributed by atoms with E-state index in [2.05, 4.69) is 33.2 Å². The van der Waals surface area contributed by atoms with Crippen LogP contribution in [0, 0.1) is 6.92 Å². The summed E-state index contributed by atoms with van der Waals surface area (Å²) in [7, 11) is 0. The van der Waals surface area contributed by atoms with Gasteiger partial charge >= 0.3 is 0 Å². The fraction of sp³-hybridized carbons (Fsp3) is 0.375. The maximum absolute atomic E-state index is 5.13. The van der Waals surface area contributed by atoms with Crippen molar-refractivity contribution in [3.63, 3.8) is 0 Å². The molecule has 0 unspecified atom stereocenters. The molecule has 0 spiro atoms. The number of piperazine rings is 1. The van der Waals surface area contributed by atoms with Gasteiger partial charge in [-0.2, -0.15) is 0 Å². The second kappa shape index (κ2) is 5.70. The first-order valence-electron chi connectivity index (χ1n) is 7.53. The molecule has 4 rings (SSSR count). The minimum atomic E-state index is 0.866. The third-order valence-electron chi connectivity index (χ3n) is 3.99. The standard InChI is InChI=1S/C16H18N4OS/c1-12-10-13(18-21-12)11-19-6-8-20(9-7-19)16-17-14-4-2-3-5-15(14)22-16/h2-5,10H,6-9,11H2,1H3. The van der Waals surface area contributed by atoms with Crippen LogP contribution in [-0.2, 0) is 6.54 Å². The van der Waals surface area contributed by atoms with Gasteiger partial charge in [-0.15, -0.1) is 0 Å². The molecule has 1 aliphatic rings. The topological polar surface area (TPSA) is 45.4 Å². The quantitative estimate of drug-likeness (QED) is 0.744. The van der Waals surface area contributed by atoms with E-state index in [-0.39, 0.29) is 0 Å². The zero-order valence-electron chi connectivity index (χ0n) is 12.5. The molecule has 114 valence electrons. The molecule has 0 N–H and O–H groups in total. The molecule has 0 aliphatic carbocycles. The summed E-state index contributed by atoms with van der Waals surface area (Å²) in [4.78, 5) is 9.55. The summed E-state index contributed by atoms with van der Waals surface area (Å²) >= 11 is 1.78. The average molecular weight is 314 g/mol. The molecule has 1 aromatic carbocycles. The number of rotatable bonds is 3. The summed E-state index contributed by atoms with van der Waals surface area (Å²) in [6.45, 7) is 6.88. The highest BCUT2D eigenvalue weighted by Gasteiger charge is 2.20. The number of benzene rings is 1. The third-order valence-corrected chi connectivity index (χ3v) is 5.08. The molecule has 3 aromatic rings. The Labute approximate surface area is 133 Å². The predicted molar refractivity (Wildman–Crippen MR) is 88.4 cm³/mol. The number of hydrogen-bond acceptors (Lipinski definition) is 6. The molecule has 0 saturated carbocycles. The van der Waals surface area contributed by atoms with E-state index in [0.717, 1.165) is 54.8 Å². The third kappa shape index (κ3) is 2.71. The van der Waals surface area contributed by atoms with E-state index < -0.39 is 0 Å². The molecule has 1 fully saturated rings. The Kier molecular flexibility index (Phi) is 3.56. The molecule has 0 amide bonds. The first-order chi connectivity index (χ1) is 10.8. The number of nitrogens with zero attached hydrogens (tertiary/aromatic N) is 4. The van der Waals surface area contributed by atoms with E-state index in [1.54, 1.807) is 11.3 Å². The summed E-state index contributed by atoms with van der Waals surface area (Å²) < 4.78 is 6.40. The van der Waals surface area contributed by atoms with E-state index in [1.165, 1.54) is 4.70 Å². The van der Waals surface area contributed by atoms with Crippen LogP contribution >= 0.6 is 11.3 Å². The van der Waals surface area contributed by atoms with Crippen LogP contribution < -0.4 is 4.90 Å². The summed E-state index contributed by atoms with van der Waals surface area (Å²) in [5.74, 6) is 0.878. The van der Waals surface area contributed by atoms with Crippen molar-refractivity contribution in [2.24, 2.45) is 0 Å². The van der Waals surface area contributed by atoms with E-state index in [0.29, 0.717) is 0 Å². The maximum atomic E-state index is 5.13. The van der Waals surface area contributed by atoms with Crippen molar-refractivity contribution in [3.05, 3.63) is 41.8 Å². The highest BCUT2D eigenvalue weighted by molar-refractivity contribution is 7.22. The lowest BCUT2D eigenvalue weighted by Gasteiger charge is -2.34. The SMILES string of the molecule is Cc1cc(CN2CCN(c3nc4ccccc4s3)CC2)no1. The summed E-state index contributed by atoms with van der Waals surface area (Å²) in [6, 6.07) is 10.4. The molecule has 5 nitrogen and oxygen atoms in total. The van der Waals surface area contributed by atoms with Gasteiger partial charge in [0.2, 0.25) is 0 Å². The molecular weight excluding hydrogens is 296 g/mol. The zero-order chi connectivity index (χ0) is 14.9. The Morgan fingerprint density at radius 3 is 2.73 bits per heavy atom. The van der Waals surface area contributed by atoms with Crippen LogP contribution in [-0.4, -0.2) is 41.2 Å². The van der Waals surface area contributed by atoms with Gasteiger partial charge in [0, 0.05) is 38.8 Å². The molecule has 0 atom stereocenters. The number of aryl methyl sites for hydroxylation is 1.